The number of benzene rings is 2. The second-order valence-electron chi connectivity index (χ2n) is 6.58. The largest absolute Gasteiger partial charge is 0.497 e. The van der Waals surface area contributed by atoms with Crippen molar-refractivity contribution >= 4 is 23.5 Å². The van der Waals surface area contributed by atoms with E-state index >= 15 is 0 Å². The standard InChI is InChI=1S/C22H19ClN4O4/c1-29-17-6-3-7-18(11-17)30-13-19-8-9-20(31-19)21(28)25-22-24-14-27(26-22)12-15-4-2-5-16(23)10-15/h2-11,14H,12-13H2,1H3,(H,25,26,28). The summed E-state index contributed by atoms with van der Waals surface area (Å²) < 4.78 is 18.0. The van der Waals surface area contributed by atoms with Gasteiger partial charge in [-0.15, -0.1) is 5.10 Å². The maximum atomic E-state index is 12.4. The fraction of sp³-hybridized carbons (Fsp3) is 0.136. The summed E-state index contributed by atoms with van der Waals surface area (Å²) in [6.45, 7) is 0.656. The maximum Gasteiger partial charge on any atom is 0.293 e. The van der Waals surface area contributed by atoms with E-state index in [1.54, 1.807) is 36.1 Å². The van der Waals surface area contributed by atoms with Crippen LogP contribution in [0, 0.1) is 0 Å². The van der Waals surface area contributed by atoms with Crippen molar-refractivity contribution in [1.82, 2.24) is 14.8 Å². The highest BCUT2D eigenvalue weighted by Crippen LogP contribution is 2.20. The number of nitrogens with one attached hydrogen (secondary N) is 1. The molecule has 0 spiro atoms. The zero-order valence-corrected chi connectivity index (χ0v) is 17.4. The Morgan fingerprint density at radius 1 is 1.13 bits per heavy atom. The van der Waals surface area contributed by atoms with E-state index in [-0.39, 0.29) is 18.3 Å². The van der Waals surface area contributed by atoms with Gasteiger partial charge in [0.05, 0.1) is 13.7 Å². The number of hydrogen-bond donors (Lipinski definition) is 1. The molecule has 0 saturated heterocycles. The highest BCUT2D eigenvalue weighted by Gasteiger charge is 2.14. The number of rotatable bonds is 8. The van der Waals surface area contributed by atoms with Gasteiger partial charge < -0.3 is 13.9 Å². The summed E-state index contributed by atoms with van der Waals surface area (Å²) in [7, 11) is 1.59. The van der Waals surface area contributed by atoms with Gasteiger partial charge in [-0.3, -0.25) is 10.1 Å². The lowest BCUT2D eigenvalue weighted by Crippen LogP contribution is -2.12. The van der Waals surface area contributed by atoms with E-state index in [1.807, 2.05) is 36.4 Å². The molecule has 0 aliphatic carbocycles. The molecule has 8 nitrogen and oxygen atoms in total. The smallest absolute Gasteiger partial charge is 0.293 e. The lowest BCUT2D eigenvalue weighted by Gasteiger charge is -2.06. The van der Waals surface area contributed by atoms with Gasteiger partial charge in [0.25, 0.3) is 5.91 Å². The molecule has 0 unspecified atom stereocenters. The number of methoxy groups -OCH3 is 1. The van der Waals surface area contributed by atoms with Gasteiger partial charge in [0, 0.05) is 11.1 Å². The van der Waals surface area contributed by atoms with Crippen LogP contribution in [0.25, 0.3) is 0 Å². The monoisotopic (exact) mass is 438 g/mol. The van der Waals surface area contributed by atoms with Crippen molar-refractivity contribution in [3.05, 3.63) is 89.1 Å². The molecule has 4 rings (SSSR count). The van der Waals surface area contributed by atoms with Crippen LogP contribution in [0.15, 0.2) is 71.4 Å². The molecule has 0 bridgehead atoms. The lowest BCUT2D eigenvalue weighted by molar-refractivity contribution is 0.0991. The molecule has 2 aromatic heterocycles. The molecule has 0 atom stereocenters. The molecule has 9 heteroatoms. The van der Waals surface area contributed by atoms with Gasteiger partial charge >= 0.3 is 0 Å². The SMILES string of the molecule is COc1cccc(OCc2ccc(C(=O)Nc3ncn(Cc4cccc(Cl)c4)n3)o2)c1. The Morgan fingerprint density at radius 3 is 2.81 bits per heavy atom. The van der Waals surface area contributed by atoms with Crippen LogP contribution in [-0.2, 0) is 13.2 Å². The number of amides is 1. The highest BCUT2D eigenvalue weighted by molar-refractivity contribution is 6.30. The van der Waals surface area contributed by atoms with Crippen LogP contribution in [-0.4, -0.2) is 27.8 Å². The first-order valence-corrected chi connectivity index (χ1v) is 9.77. The van der Waals surface area contributed by atoms with Crippen molar-refractivity contribution in [3.8, 4) is 11.5 Å². The number of ether oxygens (including phenoxy) is 2. The third-order valence-electron chi connectivity index (χ3n) is 4.30. The van der Waals surface area contributed by atoms with Gasteiger partial charge in [-0.1, -0.05) is 29.8 Å². The van der Waals surface area contributed by atoms with Gasteiger partial charge in [0.15, 0.2) is 5.76 Å². The molecule has 2 aromatic carbocycles. The van der Waals surface area contributed by atoms with Gasteiger partial charge in [-0.2, -0.15) is 0 Å². The van der Waals surface area contributed by atoms with Crippen molar-refractivity contribution in [2.24, 2.45) is 0 Å². The Labute approximate surface area is 183 Å². The molecule has 0 aliphatic heterocycles. The van der Waals surface area contributed by atoms with Crippen molar-refractivity contribution in [2.75, 3.05) is 12.4 Å². The molecular weight excluding hydrogens is 420 g/mol. The molecule has 31 heavy (non-hydrogen) atoms. The molecule has 0 saturated carbocycles. The highest BCUT2D eigenvalue weighted by atomic mass is 35.5. The minimum Gasteiger partial charge on any atom is -0.497 e. The van der Waals surface area contributed by atoms with Crippen molar-refractivity contribution in [2.45, 2.75) is 13.2 Å². The third kappa shape index (κ3) is 5.43. The first kappa shape index (κ1) is 20.5. The summed E-state index contributed by atoms with van der Waals surface area (Å²) in [6.07, 6.45) is 1.53. The first-order valence-electron chi connectivity index (χ1n) is 9.40. The van der Waals surface area contributed by atoms with Crippen molar-refractivity contribution in [3.63, 3.8) is 0 Å². The number of aromatic nitrogens is 3. The molecule has 0 aliphatic rings. The number of halogens is 1. The Kier molecular flexibility index (Phi) is 6.18. The average molecular weight is 439 g/mol. The predicted molar refractivity (Wildman–Crippen MR) is 115 cm³/mol. The van der Waals surface area contributed by atoms with Crippen LogP contribution in [0.4, 0.5) is 5.95 Å². The zero-order chi connectivity index (χ0) is 21.6. The third-order valence-corrected chi connectivity index (χ3v) is 4.54. The van der Waals surface area contributed by atoms with E-state index in [2.05, 4.69) is 15.4 Å². The minimum absolute atomic E-state index is 0.135. The van der Waals surface area contributed by atoms with Gasteiger partial charge in [-0.05, 0) is 42.0 Å². The van der Waals surface area contributed by atoms with Gasteiger partial charge in [0.1, 0.15) is 30.2 Å². The van der Waals surface area contributed by atoms with Gasteiger partial charge in [0.2, 0.25) is 5.95 Å². The zero-order valence-electron chi connectivity index (χ0n) is 16.6. The van der Waals surface area contributed by atoms with E-state index in [1.165, 1.54) is 6.33 Å². The minimum atomic E-state index is -0.451. The second-order valence-corrected chi connectivity index (χ2v) is 7.02. The second kappa shape index (κ2) is 9.36. The van der Waals surface area contributed by atoms with Crippen LogP contribution in [0.5, 0.6) is 11.5 Å². The number of nitrogens with zero attached hydrogens (tertiary/aromatic N) is 3. The number of furan rings is 1. The lowest BCUT2D eigenvalue weighted by atomic mass is 10.2. The van der Waals surface area contributed by atoms with E-state index in [0.29, 0.717) is 28.8 Å². The summed E-state index contributed by atoms with van der Waals surface area (Å²) in [5.41, 5.74) is 0.974. The fourth-order valence-corrected chi connectivity index (χ4v) is 3.05. The quantitative estimate of drug-likeness (QED) is 0.438. The first-order chi connectivity index (χ1) is 15.1. The summed E-state index contributed by atoms with van der Waals surface area (Å²) in [6, 6.07) is 17.9. The Hall–Kier alpha value is -3.78. The number of hydrogen-bond acceptors (Lipinski definition) is 6. The van der Waals surface area contributed by atoms with E-state index < -0.39 is 5.91 Å². The predicted octanol–water partition coefficient (Wildman–Crippen LogP) is 4.41. The van der Waals surface area contributed by atoms with Crippen LogP contribution in [0.1, 0.15) is 21.9 Å². The Balaban J connectivity index is 1.33. The molecule has 0 fully saturated rings. The normalized spacial score (nSPS) is 10.6. The van der Waals surface area contributed by atoms with Crippen LogP contribution < -0.4 is 14.8 Å². The number of anilines is 1. The molecule has 0 radical (unpaired) electrons. The van der Waals surface area contributed by atoms with Crippen molar-refractivity contribution < 1.29 is 18.7 Å². The molecule has 2 heterocycles. The Bertz CT molecular complexity index is 1190. The molecular formula is C22H19ClN4O4. The van der Waals surface area contributed by atoms with Crippen LogP contribution in [0.2, 0.25) is 5.02 Å². The topological polar surface area (TPSA) is 91.4 Å². The van der Waals surface area contributed by atoms with Crippen LogP contribution >= 0.6 is 11.6 Å². The summed E-state index contributed by atoms with van der Waals surface area (Å²) in [4.78, 5) is 16.5. The molecule has 4 aromatic rings. The van der Waals surface area contributed by atoms with E-state index in [0.717, 1.165) is 5.56 Å². The van der Waals surface area contributed by atoms with Crippen LogP contribution in [0.3, 0.4) is 0 Å². The maximum absolute atomic E-state index is 12.4. The number of carbonyl (C=O) groups excluding carboxylic acids is 1. The van der Waals surface area contributed by atoms with E-state index in [9.17, 15) is 4.79 Å². The number of carbonyl (C=O) groups is 1. The molecule has 1 amide bonds. The van der Waals surface area contributed by atoms with Crippen molar-refractivity contribution in [1.29, 1.82) is 0 Å². The van der Waals surface area contributed by atoms with Gasteiger partial charge in [-0.25, -0.2) is 9.67 Å². The summed E-state index contributed by atoms with van der Waals surface area (Å²) in [5.74, 6) is 1.70. The molecule has 1 N–H and O–H groups in total. The Morgan fingerprint density at radius 2 is 1.97 bits per heavy atom. The summed E-state index contributed by atoms with van der Waals surface area (Å²) in [5, 5.41) is 7.52. The van der Waals surface area contributed by atoms with E-state index in [4.69, 9.17) is 25.5 Å². The fourth-order valence-electron chi connectivity index (χ4n) is 2.84. The molecule has 158 valence electrons. The average Bonchev–Trinajstić information content (AvgIpc) is 3.42. The summed E-state index contributed by atoms with van der Waals surface area (Å²) >= 11 is 6.00.